The number of oxazole rings is 1. The molecule has 3 aromatic rings. The third-order valence-corrected chi connectivity index (χ3v) is 5.36. The molecule has 1 aromatic carbocycles. The molecule has 1 aliphatic rings. The first-order chi connectivity index (χ1) is 14.7. The van der Waals surface area contributed by atoms with E-state index < -0.39 is 0 Å². The molecular formula is C23H25N3O4. The van der Waals surface area contributed by atoms with Crippen LogP contribution in [0.25, 0.3) is 0 Å². The fourth-order valence-electron chi connectivity index (χ4n) is 3.71. The van der Waals surface area contributed by atoms with Gasteiger partial charge in [-0.2, -0.15) is 0 Å². The maximum absolute atomic E-state index is 12.9. The molecule has 0 bridgehead atoms. The lowest BCUT2D eigenvalue weighted by Gasteiger charge is -2.31. The van der Waals surface area contributed by atoms with Crippen LogP contribution in [0.1, 0.15) is 46.3 Å². The second-order valence-electron chi connectivity index (χ2n) is 7.37. The van der Waals surface area contributed by atoms with Crippen LogP contribution in [0, 0.1) is 0 Å². The number of carbonyl (C=O) groups excluding carboxylic acids is 1. The number of ether oxygens (including phenoxy) is 2. The molecule has 0 saturated carbocycles. The quantitative estimate of drug-likeness (QED) is 0.620. The predicted octanol–water partition coefficient (Wildman–Crippen LogP) is 3.70. The van der Waals surface area contributed by atoms with Crippen molar-refractivity contribution in [2.75, 3.05) is 27.3 Å². The third kappa shape index (κ3) is 4.45. The minimum atomic E-state index is -0.0279. The molecule has 0 unspecified atom stereocenters. The van der Waals surface area contributed by atoms with Gasteiger partial charge in [-0.05, 0) is 36.6 Å². The SMILES string of the molecule is COc1ccc(Cc2cnc([C@H]3CCCN(C(=O)c4ccc(OC)nc4)C3)o2)cc1. The first-order valence-corrected chi connectivity index (χ1v) is 10.0. The zero-order chi connectivity index (χ0) is 20.9. The van der Waals surface area contributed by atoms with Gasteiger partial charge in [0.2, 0.25) is 5.88 Å². The number of aromatic nitrogens is 2. The molecule has 2 aromatic heterocycles. The Morgan fingerprint density at radius 1 is 1.10 bits per heavy atom. The Balaban J connectivity index is 1.41. The van der Waals surface area contributed by atoms with Crippen LogP contribution in [-0.4, -0.2) is 48.1 Å². The molecule has 30 heavy (non-hydrogen) atoms. The van der Waals surface area contributed by atoms with Gasteiger partial charge in [-0.1, -0.05) is 12.1 Å². The molecule has 1 saturated heterocycles. The van der Waals surface area contributed by atoms with E-state index in [1.807, 2.05) is 29.2 Å². The number of hydrogen-bond donors (Lipinski definition) is 0. The molecule has 156 valence electrons. The number of piperidine rings is 1. The van der Waals surface area contributed by atoms with E-state index in [9.17, 15) is 4.79 Å². The van der Waals surface area contributed by atoms with E-state index in [-0.39, 0.29) is 11.8 Å². The zero-order valence-electron chi connectivity index (χ0n) is 17.2. The zero-order valence-corrected chi connectivity index (χ0v) is 17.2. The molecular weight excluding hydrogens is 382 g/mol. The smallest absolute Gasteiger partial charge is 0.255 e. The van der Waals surface area contributed by atoms with Crippen LogP contribution in [-0.2, 0) is 6.42 Å². The highest BCUT2D eigenvalue weighted by Crippen LogP contribution is 2.28. The minimum Gasteiger partial charge on any atom is -0.497 e. The average Bonchev–Trinajstić information content (AvgIpc) is 3.28. The van der Waals surface area contributed by atoms with Gasteiger partial charge in [0.1, 0.15) is 11.5 Å². The van der Waals surface area contributed by atoms with Crippen molar-refractivity contribution in [2.24, 2.45) is 0 Å². The molecule has 0 spiro atoms. The number of methoxy groups -OCH3 is 2. The Bertz CT molecular complexity index is 982. The topological polar surface area (TPSA) is 77.7 Å². The number of amides is 1. The van der Waals surface area contributed by atoms with Crippen molar-refractivity contribution in [3.63, 3.8) is 0 Å². The van der Waals surface area contributed by atoms with Gasteiger partial charge in [0.15, 0.2) is 5.89 Å². The van der Waals surface area contributed by atoms with Crippen LogP contribution in [0.2, 0.25) is 0 Å². The summed E-state index contributed by atoms with van der Waals surface area (Å²) in [4.78, 5) is 23.3. The van der Waals surface area contributed by atoms with Crippen LogP contribution in [0.15, 0.2) is 53.2 Å². The van der Waals surface area contributed by atoms with Crippen LogP contribution < -0.4 is 9.47 Å². The summed E-state index contributed by atoms with van der Waals surface area (Å²) in [6.07, 6.45) is 5.88. The van der Waals surface area contributed by atoms with Crippen molar-refractivity contribution in [3.8, 4) is 11.6 Å². The lowest BCUT2D eigenvalue weighted by molar-refractivity contribution is 0.0697. The number of pyridine rings is 1. The summed E-state index contributed by atoms with van der Waals surface area (Å²) < 4.78 is 16.3. The van der Waals surface area contributed by atoms with Crippen molar-refractivity contribution < 1.29 is 18.7 Å². The summed E-state index contributed by atoms with van der Waals surface area (Å²) in [7, 11) is 3.21. The summed E-state index contributed by atoms with van der Waals surface area (Å²) in [6.45, 7) is 1.31. The number of carbonyl (C=O) groups is 1. The Kier molecular flexibility index (Phi) is 5.97. The second-order valence-corrected chi connectivity index (χ2v) is 7.37. The maximum atomic E-state index is 12.9. The lowest BCUT2D eigenvalue weighted by atomic mass is 9.97. The van der Waals surface area contributed by atoms with Gasteiger partial charge in [-0.3, -0.25) is 4.79 Å². The monoisotopic (exact) mass is 407 g/mol. The van der Waals surface area contributed by atoms with E-state index in [1.54, 1.807) is 38.7 Å². The Morgan fingerprint density at radius 3 is 2.63 bits per heavy atom. The van der Waals surface area contributed by atoms with Gasteiger partial charge in [-0.25, -0.2) is 9.97 Å². The molecule has 0 N–H and O–H groups in total. The minimum absolute atomic E-state index is 0.0279. The third-order valence-electron chi connectivity index (χ3n) is 5.36. The van der Waals surface area contributed by atoms with Gasteiger partial charge in [0.25, 0.3) is 5.91 Å². The van der Waals surface area contributed by atoms with Gasteiger partial charge in [-0.15, -0.1) is 0 Å². The molecule has 1 aliphatic heterocycles. The van der Waals surface area contributed by atoms with E-state index in [2.05, 4.69) is 9.97 Å². The first-order valence-electron chi connectivity index (χ1n) is 10.0. The summed E-state index contributed by atoms with van der Waals surface area (Å²) in [5, 5.41) is 0. The number of hydrogen-bond acceptors (Lipinski definition) is 6. The van der Waals surface area contributed by atoms with E-state index in [0.717, 1.165) is 36.5 Å². The Hall–Kier alpha value is -3.35. The van der Waals surface area contributed by atoms with Crippen molar-refractivity contribution in [3.05, 3.63) is 71.6 Å². The molecule has 7 nitrogen and oxygen atoms in total. The van der Waals surface area contributed by atoms with Crippen molar-refractivity contribution in [1.82, 2.24) is 14.9 Å². The molecule has 4 rings (SSSR count). The van der Waals surface area contributed by atoms with Gasteiger partial charge < -0.3 is 18.8 Å². The number of likely N-dealkylation sites (tertiary alicyclic amines) is 1. The molecule has 3 heterocycles. The summed E-state index contributed by atoms with van der Waals surface area (Å²) in [6, 6.07) is 11.4. The van der Waals surface area contributed by atoms with Crippen molar-refractivity contribution in [1.29, 1.82) is 0 Å². The highest BCUT2D eigenvalue weighted by Gasteiger charge is 2.28. The van der Waals surface area contributed by atoms with Crippen molar-refractivity contribution >= 4 is 5.91 Å². The normalized spacial score (nSPS) is 16.3. The molecule has 1 fully saturated rings. The molecule has 1 atom stereocenters. The lowest BCUT2D eigenvalue weighted by Crippen LogP contribution is -2.39. The highest BCUT2D eigenvalue weighted by atomic mass is 16.5. The average molecular weight is 407 g/mol. The predicted molar refractivity (Wildman–Crippen MR) is 111 cm³/mol. The molecule has 0 radical (unpaired) electrons. The van der Waals surface area contributed by atoms with Crippen LogP contribution >= 0.6 is 0 Å². The van der Waals surface area contributed by atoms with Gasteiger partial charge in [0.05, 0.1) is 31.9 Å². The Labute approximate surface area is 175 Å². The van der Waals surface area contributed by atoms with Crippen LogP contribution in [0.3, 0.4) is 0 Å². The molecule has 1 amide bonds. The summed E-state index contributed by atoms with van der Waals surface area (Å²) in [5.41, 5.74) is 1.69. The largest absolute Gasteiger partial charge is 0.497 e. The molecule has 7 heteroatoms. The van der Waals surface area contributed by atoms with Crippen molar-refractivity contribution in [2.45, 2.75) is 25.2 Å². The Morgan fingerprint density at radius 2 is 1.93 bits per heavy atom. The van der Waals surface area contributed by atoms with E-state index in [4.69, 9.17) is 13.9 Å². The maximum Gasteiger partial charge on any atom is 0.255 e. The fourth-order valence-corrected chi connectivity index (χ4v) is 3.71. The van der Waals surface area contributed by atoms with E-state index in [0.29, 0.717) is 30.3 Å². The van der Waals surface area contributed by atoms with Gasteiger partial charge >= 0.3 is 0 Å². The van der Waals surface area contributed by atoms with E-state index >= 15 is 0 Å². The number of rotatable bonds is 6. The number of nitrogens with zero attached hydrogens (tertiary/aromatic N) is 3. The second kappa shape index (κ2) is 8.98. The first kappa shape index (κ1) is 19.9. The van der Waals surface area contributed by atoms with Crippen LogP contribution in [0.4, 0.5) is 0 Å². The summed E-state index contributed by atoms with van der Waals surface area (Å²) in [5.74, 6) is 2.91. The van der Waals surface area contributed by atoms with E-state index in [1.165, 1.54) is 0 Å². The number of benzene rings is 1. The summed E-state index contributed by atoms with van der Waals surface area (Å²) >= 11 is 0. The fraction of sp³-hybridized carbons (Fsp3) is 0.348. The molecule has 0 aliphatic carbocycles. The van der Waals surface area contributed by atoms with Gasteiger partial charge in [0, 0.05) is 31.8 Å². The van der Waals surface area contributed by atoms with Crippen LogP contribution in [0.5, 0.6) is 11.6 Å². The highest BCUT2D eigenvalue weighted by molar-refractivity contribution is 5.94. The standard InChI is InChI=1S/C23H25N3O4/c1-28-19-8-5-16(6-9-19)12-20-14-25-22(30-20)18-4-3-11-26(15-18)23(27)17-7-10-21(29-2)24-13-17/h5-10,13-14,18H,3-4,11-12,15H2,1-2H3/t18-/m0/s1.